The van der Waals surface area contributed by atoms with E-state index in [9.17, 15) is 4.39 Å². The van der Waals surface area contributed by atoms with Crippen molar-refractivity contribution in [2.24, 2.45) is 5.73 Å². The van der Waals surface area contributed by atoms with E-state index in [1.54, 1.807) is 6.07 Å². The van der Waals surface area contributed by atoms with Gasteiger partial charge in [-0.15, -0.1) is 11.8 Å². The van der Waals surface area contributed by atoms with Crippen LogP contribution in [0.5, 0.6) is 0 Å². The molecule has 0 aliphatic carbocycles. The van der Waals surface area contributed by atoms with Gasteiger partial charge in [-0.25, -0.2) is 4.39 Å². The summed E-state index contributed by atoms with van der Waals surface area (Å²) < 4.78 is 14.3. The highest BCUT2D eigenvalue weighted by molar-refractivity contribution is 9.10. The van der Waals surface area contributed by atoms with Gasteiger partial charge in [0.1, 0.15) is 5.82 Å². The maximum absolute atomic E-state index is 13.5. The Kier molecular flexibility index (Phi) is 4.92. The third kappa shape index (κ3) is 2.97. The van der Waals surface area contributed by atoms with Crippen molar-refractivity contribution in [3.05, 3.63) is 28.0 Å². The van der Waals surface area contributed by atoms with Crippen molar-refractivity contribution in [2.75, 3.05) is 12.8 Å². The van der Waals surface area contributed by atoms with Gasteiger partial charge < -0.3 is 5.73 Å². The number of rotatable bonds is 4. The number of thioether (sulfide) groups is 1. The maximum Gasteiger partial charge on any atom is 0.138 e. The first-order chi connectivity index (χ1) is 6.69. The summed E-state index contributed by atoms with van der Waals surface area (Å²) in [6.07, 6.45) is 3.59. The highest BCUT2D eigenvalue weighted by Gasteiger charge is 2.07. The molecular weight excluding hydrogens is 265 g/mol. The van der Waals surface area contributed by atoms with Crippen molar-refractivity contribution in [3.63, 3.8) is 0 Å². The number of hydrogen-bond acceptors (Lipinski definition) is 2. The molecule has 0 heterocycles. The molecule has 0 aliphatic rings. The summed E-state index contributed by atoms with van der Waals surface area (Å²) in [6, 6.07) is 3.55. The Morgan fingerprint density at radius 3 is 2.71 bits per heavy atom. The van der Waals surface area contributed by atoms with Gasteiger partial charge in [0.05, 0.1) is 4.90 Å². The minimum atomic E-state index is -0.154. The van der Waals surface area contributed by atoms with E-state index in [-0.39, 0.29) is 5.82 Å². The van der Waals surface area contributed by atoms with Gasteiger partial charge in [-0.2, -0.15) is 0 Å². The molecule has 0 amide bonds. The van der Waals surface area contributed by atoms with E-state index in [2.05, 4.69) is 15.9 Å². The summed E-state index contributed by atoms with van der Waals surface area (Å²) in [5, 5.41) is 0. The SMILES string of the molecule is CSc1c(F)cc(CCCN)cc1Br. The quantitative estimate of drug-likeness (QED) is 0.856. The zero-order valence-electron chi connectivity index (χ0n) is 8.02. The largest absolute Gasteiger partial charge is 0.330 e. The van der Waals surface area contributed by atoms with Gasteiger partial charge in [0.25, 0.3) is 0 Å². The lowest BCUT2D eigenvalue weighted by Crippen LogP contribution is -2.00. The van der Waals surface area contributed by atoms with Crippen molar-refractivity contribution < 1.29 is 4.39 Å². The molecular formula is C10H13BrFNS. The van der Waals surface area contributed by atoms with Crippen molar-refractivity contribution in [1.82, 2.24) is 0 Å². The summed E-state index contributed by atoms with van der Waals surface area (Å²) in [5.74, 6) is -0.154. The molecule has 2 N–H and O–H groups in total. The predicted octanol–water partition coefficient (Wildman–Crippen LogP) is 3.20. The molecule has 1 aromatic rings. The number of benzene rings is 1. The van der Waals surface area contributed by atoms with Gasteiger partial charge in [-0.05, 0) is 59.3 Å². The fraction of sp³-hybridized carbons (Fsp3) is 0.400. The Hall–Kier alpha value is -0.0600. The number of hydrogen-bond donors (Lipinski definition) is 1. The smallest absolute Gasteiger partial charge is 0.138 e. The highest BCUT2D eigenvalue weighted by Crippen LogP contribution is 2.30. The lowest BCUT2D eigenvalue weighted by atomic mass is 10.1. The zero-order valence-corrected chi connectivity index (χ0v) is 10.4. The van der Waals surface area contributed by atoms with Crippen LogP contribution in [0.25, 0.3) is 0 Å². The molecule has 1 nitrogen and oxygen atoms in total. The Balaban J connectivity index is 2.90. The molecule has 0 aliphatic heterocycles. The molecule has 1 aromatic carbocycles. The highest BCUT2D eigenvalue weighted by atomic mass is 79.9. The molecule has 0 saturated heterocycles. The predicted molar refractivity (Wildman–Crippen MR) is 63.3 cm³/mol. The normalized spacial score (nSPS) is 10.6. The van der Waals surface area contributed by atoms with Crippen molar-refractivity contribution >= 4 is 27.7 Å². The van der Waals surface area contributed by atoms with Crippen LogP contribution in [0.4, 0.5) is 4.39 Å². The van der Waals surface area contributed by atoms with Crippen molar-refractivity contribution in [2.45, 2.75) is 17.7 Å². The molecule has 0 radical (unpaired) electrons. The second-order valence-electron chi connectivity index (χ2n) is 2.98. The number of aryl methyl sites for hydroxylation is 1. The third-order valence-electron chi connectivity index (χ3n) is 1.93. The Morgan fingerprint density at radius 2 is 2.21 bits per heavy atom. The Bertz CT molecular complexity index is 294. The minimum Gasteiger partial charge on any atom is -0.330 e. The van der Waals surface area contributed by atoms with Gasteiger partial charge in [-0.3, -0.25) is 0 Å². The van der Waals surface area contributed by atoms with Crippen LogP contribution in [0.15, 0.2) is 21.5 Å². The summed E-state index contributed by atoms with van der Waals surface area (Å²) in [4.78, 5) is 0.668. The number of halogens is 2. The van der Waals surface area contributed by atoms with Crippen LogP contribution in [-0.2, 0) is 6.42 Å². The van der Waals surface area contributed by atoms with Gasteiger partial charge in [0, 0.05) is 4.47 Å². The summed E-state index contributed by atoms with van der Waals surface area (Å²) in [7, 11) is 0. The average Bonchev–Trinajstić information content (AvgIpc) is 2.14. The van der Waals surface area contributed by atoms with Gasteiger partial charge in [-0.1, -0.05) is 0 Å². The Morgan fingerprint density at radius 1 is 1.50 bits per heavy atom. The lowest BCUT2D eigenvalue weighted by Gasteiger charge is -2.06. The zero-order chi connectivity index (χ0) is 10.6. The summed E-state index contributed by atoms with van der Waals surface area (Å²) in [5.41, 5.74) is 6.40. The molecule has 0 aromatic heterocycles. The van der Waals surface area contributed by atoms with E-state index in [4.69, 9.17) is 5.73 Å². The van der Waals surface area contributed by atoms with Gasteiger partial charge >= 0.3 is 0 Å². The van der Waals surface area contributed by atoms with Crippen molar-refractivity contribution in [3.8, 4) is 0 Å². The van der Waals surface area contributed by atoms with E-state index in [0.717, 1.165) is 22.9 Å². The topological polar surface area (TPSA) is 26.0 Å². The second-order valence-corrected chi connectivity index (χ2v) is 4.66. The monoisotopic (exact) mass is 277 g/mol. The fourth-order valence-corrected chi connectivity index (χ4v) is 2.73. The third-order valence-corrected chi connectivity index (χ3v) is 3.64. The molecule has 0 fully saturated rings. The van der Waals surface area contributed by atoms with Gasteiger partial charge in [0.2, 0.25) is 0 Å². The van der Waals surface area contributed by atoms with Crippen LogP contribution >= 0.6 is 27.7 Å². The molecule has 14 heavy (non-hydrogen) atoms. The first-order valence-electron chi connectivity index (χ1n) is 4.41. The molecule has 0 spiro atoms. The molecule has 0 bridgehead atoms. The van der Waals surface area contributed by atoms with Crippen LogP contribution in [0, 0.1) is 5.82 Å². The van der Waals surface area contributed by atoms with Crippen LogP contribution in [-0.4, -0.2) is 12.8 Å². The summed E-state index contributed by atoms with van der Waals surface area (Å²) >= 11 is 4.77. The molecule has 4 heteroatoms. The average molecular weight is 278 g/mol. The molecule has 0 saturated carbocycles. The van der Waals surface area contributed by atoms with Crippen LogP contribution in [0.2, 0.25) is 0 Å². The van der Waals surface area contributed by atoms with Crippen molar-refractivity contribution in [1.29, 1.82) is 0 Å². The standard InChI is InChI=1S/C10H13BrFNS/c1-14-10-8(11)5-7(3-2-4-13)6-9(10)12/h5-6H,2-4,13H2,1H3. The van der Waals surface area contributed by atoms with Crippen LogP contribution in [0.3, 0.4) is 0 Å². The number of nitrogens with two attached hydrogens (primary N) is 1. The first-order valence-corrected chi connectivity index (χ1v) is 6.42. The van der Waals surface area contributed by atoms with Crippen LogP contribution < -0.4 is 5.73 Å². The first kappa shape index (κ1) is 12.0. The minimum absolute atomic E-state index is 0.154. The van der Waals surface area contributed by atoms with E-state index in [0.29, 0.717) is 11.4 Å². The maximum atomic E-state index is 13.5. The molecule has 1 rings (SSSR count). The van der Waals surface area contributed by atoms with E-state index in [1.807, 2.05) is 12.3 Å². The molecule has 0 unspecified atom stereocenters. The fourth-order valence-electron chi connectivity index (χ4n) is 1.26. The van der Waals surface area contributed by atoms with E-state index >= 15 is 0 Å². The molecule has 0 atom stereocenters. The van der Waals surface area contributed by atoms with Gasteiger partial charge in [0.15, 0.2) is 0 Å². The van der Waals surface area contributed by atoms with Crippen LogP contribution in [0.1, 0.15) is 12.0 Å². The Labute approximate surface area is 96.4 Å². The van der Waals surface area contributed by atoms with E-state index in [1.165, 1.54) is 11.8 Å². The summed E-state index contributed by atoms with van der Waals surface area (Å²) in [6.45, 7) is 0.642. The second kappa shape index (κ2) is 5.73. The van der Waals surface area contributed by atoms with E-state index < -0.39 is 0 Å². The lowest BCUT2D eigenvalue weighted by molar-refractivity contribution is 0.597. The molecule has 78 valence electrons.